The zero-order valence-electron chi connectivity index (χ0n) is 14.3. The summed E-state index contributed by atoms with van der Waals surface area (Å²) in [6.07, 6.45) is 8.35. The first-order chi connectivity index (χ1) is 11.5. The van der Waals surface area contributed by atoms with Crippen molar-refractivity contribution in [1.29, 1.82) is 0 Å². The first-order valence-corrected chi connectivity index (χ1v) is 8.58. The summed E-state index contributed by atoms with van der Waals surface area (Å²) in [6, 6.07) is 4.37. The van der Waals surface area contributed by atoms with Gasteiger partial charge in [0.05, 0.1) is 6.04 Å². The van der Waals surface area contributed by atoms with Crippen molar-refractivity contribution >= 4 is 5.91 Å². The summed E-state index contributed by atoms with van der Waals surface area (Å²) >= 11 is 0. The van der Waals surface area contributed by atoms with Gasteiger partial charge in [0.2, 0.25) is 5.91 Å². The van der Waals surface area contributed by atoms with Gasteiger partial charge >= 0.3 is 0 Å². The van der Waals surface area contributed by atoms with E-state index in [2.05, 4.69) is 5.32 Å². The van der Waals surface area contributed by atoms with Gasteiger partial charge < -0.3 is 15.0 Å². The highest BCUT2D eigenvalue weighted by Gasteiger charge is 2.43. The fourth-order valence-electron chi connectivity index (χ4n) is 3.69. The third-order valence-corrected chi connectivity index (χ3v) is 4.82. The molecule has 130 valence electrons. The molecular weight excluding hydrogens is 307 g/mol. The van der Waals surface area contributed by atoms with Crippen LogP contribution in [0.3, 0.4) is 0 Å². The van der Waals surface area contributed by atoms with Crippen LogP contribution in [-0.4, -0.2) is 37.0 Å². The smallest absolute Gasteiger partial charge is 0.244 e. The number of carbonyl (C=O) groups excluding carboxylic acids is 1. The van der Waals surface area contributed by atoms with Gasteiger partial charge in [-0.05, 0) is 58.0 Å². The number of hydrogen-bond donors (Lipinski definition) is 1. The lowest BCUT2D eigenvalue weighted by atomic mass is 9.86. The lowest BCUT2D eigenvalue weighted by Crippen LogP contribution is -2.43. The zero-order valence-corrected chi connectivity index (χ0v) is 14.3. The quantitative estimate of drug-likeness (QED) is 0.861. The molecule has 0 aromatic heterocycles. The zero-order chi connectivity index (χ0) is 17.2. The number of amides is 1. The summed E-state index contributed by atoms with van der Waals surface area (Å²) in [5.74, 6) is 0.251. The van der Waals surface area contributed by atoms with E-state index in [1.54, 1.807) is 12.1 Å². The summed E-state index contributed by atoms with van der Waals surface area (Å²) in [6.45, 7) is 0.705. The highest BCUT2D eigenvalue weighted by atomic mass is 19.1. The van der Waals surface area contributed by atoms with E-state index in [1.165, 1.54) is 12.1 Å². The number of carbonyl (C=O) groups is 1. The molecule has 1 saturated carbocycles. The molecule has 1 aliphatic carbocycles. The molecule has 5 heteroatoms. The molecule has 2 aliphatic rings. The minimum Gasteiger partial charge on any atom is -0.487 e. The molecule has 1 fully saturated rings. The van der Waals surface area contributed by atoms with Crippen molar-refractivity contribution < 1.29 is 13.9 Å². The predicted molar refractivity (Wildman–Crippen MR) is 91.4 cm³/mol. The van der Waals surface area contributed by atoms with E-state index in [9.17, 15) is 9.18 Å². The SMILES string of the molecule is CN(C)C/C=C/C(=O)N[C@@H]1CC2(CCCC2)Oc2ccc(F)cc21. The summed E-state index contributed by atoms with van der Waals surface area (Å²) in [7, 11) is 3.90. The lowest BCUT2D eigenvalue weighted by Gasteiger charge is -2.40. The van der Waals surface area contributed by atoms with E-state index in [0.717, 1.165) is 31.2 Å². The molecule has 4 nitrogen and oxygen atoms in total. The molecule has 1 aromatic carbocycles. The third kappa shape index (κ3) is 3.78. The van der Waals surface area contributed by atoms with Crippen molar-refractivity contribution in [2.75, 3.05) is 20.6 Å². The number of halogens is 1. The Morgan fingerprint density at radius 1 is 1.42 bits per heavy atom. The Bertz CT molecular complexity index is 636. The van der Waals surface area contributed by atoms with Gasteiger partial charge in [-0.2, -0.15) is 0 Å². The van der Waals surface area contributed by atoms with Crippen LogP contribution in [0, 0.1) is 5.82 Å². The molecule has 1 heterocycles. The minimum absolute atomic E-state index is 0.146. The van der Waals surface area contributed by atoms with Crippen molar-refractivity contribution in [3.05, 3.63) is 41.7 Å². The fourth-order valence-corrected chi connectivity index (χ4v) is 3.69. The van der Waals surface area contributed by atoms with E-state index in [4.69, 9.17) is 4.74 Å². The van der Waals surface area contributed by atoms with Crippen LogP contribution in [0.1, 0.15) is 43.7 Å². The Kier molecular flexibility index (Phi) is 4.90. The van der Waals surface area contributed by atoms with Gasteiger partial charge in [-0.15, -0.1) is 0 Å². The van der Waals surface area contributed by atoms with E-state index >= 15 is 0 Å². The molecule has 3 rings (SSSR count). The van der Waals surface area contributed by atoms with Crippen LogP contribution in [0.4, 0.5) is 4.39 Å². The summed E-state index contributed by atoms with van der Waals surface area (Å²) in [5.41, 5.74) is 0.526. The topological polar surface area (TPSA) is 41.6 Å². The van der Waals surface area contributed by atoms with Gasteiger partial charge in [-0.25, -0.2) is 4.39 Å². The molecule has 1 aromatic rings. The second-order valence-corrected chi connectivity index (χ2v) is 7.10. The van der Waals surface area contributed by atoms with E-state index in [1.807, 2.05) is 25.1 Å². The number of nitrogens with zero attached hydrogens (tertiary/aromatic N) is 1. The van der Waals surface area contributed by atoms with E-state index in [-0.39, 0.29) is 23.4 Å². The number of ether oxygens (including phenoxy) is 1. The molecule has 0 unspecified atom stereocenters. The average molecular weight is 332 g/mol. The predicted octanol–water partition coefficient (Wildman–Crippen LogP) is 3.20. The summed E-state index contributed by atoms with van der Waals surface area (Å²) < 4.78 is 19.9. The Morgan fingerprint density at radius 2 is 2.17 bits per heavy atom. The van der Waals surface area contributed by atoms with Crippen LogP contribution < -0.4 is 10.1 Å². The summed E-state index contributed by atoms with van der Waals surface area (Å²) in [4.78, 5) is 14.2. The van der Waals surface area contributed by atoms with Crippen LogP contribution in [0.15, 0.2) is 30.4 Å². The monoisotopic (exact) mass is 332 g/mol. The molecule has 1 N–H and O–H groups in total. The maximum Gasteiger partial charge on any atom is 0.244 e. The third-order valence-electron chi connectivity index (χ3n) is 4.82. The Balaban J connectivity index is 1.79. The molecule has 1 amide bonds. The van der Waals surface area contributed by atoms with Gasteiger partial charge in [0.1, 0.15) is 17.2 Å². The van der Waals surface area contributed by atoms with Crippen molar-refractivity contribution in [3.63, 3.8) is 0 Å². The first-order valence-electron chi connectivity index (χ1n) is 8.58. The van der Waals surface area contributed by atoms with Crippen molar-refractivity contribution in [1.82, 2.24) is 10.2 Å². The number of fused-ring (bicyclic) bond motifs is 1. The van der Waals surface area contributed by atoms with Gasteiger partial charge in [-0.3, -0.25) is 4.79 Å². The van der Waals surface area contributed by atoms with Crippen LogP contribution in [0.2, 0.25) is 0 Å². The number of rotatable bonds is 4. The lowest BCUT2D eigenvalue weighted by molar-refractivity contribution is -0.117. The van der Waals surface area contributed by atoms with Crippen LogP contribution in [0.5, 0.6) is 5.75 Å². The number of likely N-dealkylation sites (N-methyl/N-ethyl adjacent to an activating group) is 1. The fraction of sp³-hybridized carbons (Fsp3) is 0.526. The highest BCUT2D eigenvalue weighted by molar-refractivity contribution is 5.87. The number of nitrogens with one attached hydrogen (secondary N) is 1. The van der Waals surface area contributed by atoms with Crippen LogP contribution in [-0.2, 0) is 4.79 Å². The number of hydrogen-bond acceptors (Lipinski definition) is 3. The molecule has 1 spiro atoms. The second kappa shape index (κ2) is 6.93. The minimum atomic E-state index is -0.304. The Labute approximate surface area is 142 Å². The highest BCUT2D eigenvalue weighted by Crippen LogP contribution is 2.47. The van der Waals surface area contributed by atoms with Gasteiger partial charge in [-0.1, -0.05) is 6.08 Å². The Morgan fingerprint density at radius 3 is 2.88 bits per heavy atom. The van der Waals surface area contributed by atoms with Crippen molar-refractivity contribution in [3.8, 4) is 5.75 Å². The van der Waals surface area contributed by atoms with Crippen LogP contribution in [0.25, 0.3) is 0 Å². The molecule has 24 heavy (non-hydrogen) atoms. The average Bonchev–Trinajstić information content (AvgIpc) is 2.95. The van der Waals surface area contributed by atoms with Gasteiger partial charge in [0.25, 0.3) is 0 Å². The van der Waals surface area contributed by atoms with Crippen molar-refractivity contribution in [2.24, 2.45) is 0 Å². The number of benzene rings is 1. The van der Waals surface area contributed by atoms with Crippen molar-refractivity contribution in [2.45, 2.75) is 43.7 Å². The normalized spacial score (nSPS) is 21.9. The van der Waals surface area contributed by atoms with E-state index in [0.29, 0.717) is 18.7 Å². The molecule has 0 saturated heterocycles. The van der Waals surface area contributed by atoms with E-state index < -0.39 is 0 Å². The molecule has 0 bridgehead atoms. The Hall–Kier alpha value is -1.88. The maximum absolute atomic E-state index is 13.7. The first kappa shape index (κ1) is 17.0. The van der Waals surface area contributed by atoms with Crippen LogP contribution >= 0.6 is 0 Å². The molecule has 1 atom stereocenters. The molecule has 1 aliphatic heterocycles. The standard InChI is InChI=1S/C19H25FN2O2/c1-22(2)11-5-6-18(23)21-16-13-19(9-3-4-10-19)24-17-8-7-14(20)12-15(16)17/h5-8,12,16H,3-4,9-11,13H2,1-2H3,(H,21,23)/b6-5+/t16-/m1/s1. The second-order valence-electron chi connectivity index (χ2n) is 7.10. The largest absolute Gasteiger partial charge is 0.487 e. The summed E-state index contributed by atoms with van der Waals surface area (Å²) in [5, 5.41) is 3.04. The van der Waals surface area contributed by atoms with Gasteiger partial charge in [0.15, 0.2) is 0 Å². The van der Waals surface area contributed by atoms with Gasteiger partial charge in [0, 0.05) is 24.6 Å². The molecular formula is C19H25FN2O2. The maximum atomic E-state index is 13.7. The molecule has 0 radical (unpaired) electrons.